The Morgan fingerprint density at radius 3 is 2.72 bits per heavy atom. The molecule has 0 unspecified atom stereocenters. The number of amides is 1. The van der Waals surface area contributed by atoms with Crippen LogP contribution in [0.3, 0.4) is 0 Å². The van der Waals surface area contributed by atoms with Crippen LogP contribution in [0.5, 0.6) is 11.5 Å². The molecule has 0 saturated carbocycles. The summed E-state index contributed by atoms with van der Waals surface area (Å²) >= 11 is 4.68. The monoisotopic (exact) mass is 408 g/mol. The molecule has 7 nitrogen and oxygen atoms in total. The van der Waals surface area contributed by atoms with Gasteiger partial charge in [0.05, 0.1) is 13.3 Å². The van der Waals surface area contributed by atoms with E-state index in [4.69, 9.17) is 15.2 Å². The summed E-state index contributed by atoms with van der Waals surface area (Å²) in [6, 6.07) is 18.8. The van der Waals surface area contributed by atoms with E-state index in [-0.39, 0.29) is 17.6 Å². The van der Waals surface area contributed by atoms with Gasteiger partial charge in [-0.1, -0.05) is 36.4 Å². The van der Waals surface area contributed by atoms with Crippen LogP contribution >= 0.6 is 12.2 Å². The number of anilines is 1. The highest BCUT2D eigenvalue weighted by Crippen LogP contribution is 2.28. The summed E-state index contributed by atoms with van der Waals surface area (Å²) in [7, 11) is 1.52. The molecule has 0 heterocycles. The molecule has 0 fully saturated rings. The Morgan fingerprint density at radius 1 is 1.14 bits per heavy atom. The minimum Gasteiger partial charge on any atom is -0.493 e. The molecule has 8 heteroatoms. The standard InChI is InChI=1S/C21H20N4O3S/c1-27-19-11-14(12-23-25-21(22)29)9-10-18(19)28-13-20(26)24-17-8-4-6-15-5-2-3-7-16(15)17/h2-12H,13H2,1H3,(H,24,26)(H3,22,25,29). The van der Waals surface area contributed by atoms with Crippen molar-refractivity contribution in [3.8, 4) is 11.5 Å². The van der Waals surface area contributed by atoms with Crippen molar-refractivity contribution in [2.75, 3.05) is 19.0 Å². The van der Waals surface area contributed by atoms with Gasteiger partial charge in [-0.2, -0.15) is 5.10 Å². The van der Waals surface area contributed by atoms with E-state index in [1.54, 1.807) is 24.4 Å². The van der Waals surface area contributed by atoms with Gasteiger partial charge in [0.25, 0.3) is 5.91 Å². The van der Waals surface area contributed by atoms with Crippen molar-refractivity contribution in [3.63, 3.8) is 0 Å². The third-order valence-corrected chi connectivity index (χ3v) is 4.09. The van der Waals surface area contributed by atoms with Crippen LogP contribution < -0.4 is 25.9 Å². The lowest BCUT2D eigenvalue weighted by molar-refractivity contribution is -0.118. The lowest BCUT2D eigenvalue weighted by atomic mass is 10.1. The predicted octanol–water partition coefficient (Wildman–Crippen LogP) is 3.03. The van der Waals surface area contributed by atoms with Gasteiger partial charge < -0.3 is 20.5 Å². The van der Waals surface area contributed by atoms with Crippen molar-refractivity contribution in [1.29, 1.82) is 0 Å². The van der Waals surface area contributed by atoms with Crippen LogP contribution in [0.4, 0.5) is 5.69 Å². The van der Waals surface area contributed by atoms with Crippen molar-refractivity contribution in [2.45, 2.75) is 0 Å². The second kappa shape index (κ2) is 9.52. The van der Waals surface area contributed by atoms with E-state index in [0.717, 1.165) is 22.0 Å². The van der Waals surface area contributed by atoms with Crippen LogP contribution in [0.15, 0.2) is 65.8 Å². The van der Waals surface area contributed by atoms with Crippen molar-refractivity contribution >= 4 is 45.9 Å². The normalized spacial score (nSPS) is 10.7. The number of methoxy groups -OCH3 is 1. The number of hydrogen-bond acceptors (Lipinski definition) is 5. The van der Waals surface area contributed by atoms with Crippen molar-refractivity contribution in [2.24, 2.45) is 10.8 Å². The Balaban J connectivity index is 1.65. The summed E-state index contributed by atoms with van der Waals surface area (Å²) in [4.78, 5) is 12.4. The molecule has 0 aliphatic carbocycles. The second-order valence-electron chi connectivity index (χ2n) is 6.01. The van der Waals surface area contributed by atoms with Gasteiger partial charge in [0, 0.05) is 11.1 Å². The average molecular weight is 408 g/mol. The molecule has 4 N–H and O–H groups in total. The van der Waals surface area contributed by atoms with Gasteiger partial charge in [-0.05, 0) is 47.4 Å². The van der Waals surface area contributed by atoms with Crippen LogP contribution in [-0.4, -0.2) is 31.0 Å². The van der Waals surface area contributed by atoms with E-state index in [9.17, 15) is 4.79 Å². The molecule has 0 aromatic heterocycles. The summed E-state index contributed by atoms with van der Waals surface area (Å²) < 4.78 is 11.0. The third-order valence-electron chi connectivity index (χ3n) is 4.00. The SMILES string of the molecule is COc1cc(C=NNC(N)=S)ccc1OCC(=O)Nc1cccc2ccccc12. The lowest BCUT2D eigenvalue weighted by Crippen LogP contribution is -2.24. The van der Waals surface area contributed by atoms with Crippen molar-refractivity contribution in [3.05, 3.63) is 66.2 Å². The first-order valence-electron chi connectivity index (χ1n) is 8.74. The lowest BCUT2D eigenvalue weighted by Gasteiger charge is -2.12. The maximum absolute atomic E-state index is 12.4. The quantitative estimate of drug-likeness (QED) is 0.316. The number of carbonyl (C=O) groups is 1. The molecule has 0 aliphatic rings. The number of carbonyl (C=O) groups excluding carboxylic acids is 1. The molecular weight excluding hydrogens is 388 g/mol. The minimum absolute atomic E-state index is 0.0744. The zero-order chi connectivity index (χ0) is 20.6. The largest absolute Gasteiger partial charge is 0.493 e. The molecule has 0 radical (unpaired) electrons. The molecule has 0 bridgehead atoms. The Bertz CT molecular complexity index is 1060. The van der Waals surface area contributed by atoms with Gasteiger partial charge in [-0.3, -0.25) is 10.2 Å². The van der Waals surface area contributed by atoms with Gasteiger partial charge in [0.2, 0.25) is 0 Å². The number of rotatable bonds is 7. The molecule has 3 rings (SSSR count). The van der Waals surface area contributed by atoms with Gasteiger partial charge in [0.15, 0.2) is 23.2 Å². The fraction of sp³-hybridized carbons (Fsp3) is 0.0952. The second-order valence-corrected chi connectivity index (χ2v) is 6.45. The predicted molar refractivity (Wildman–Crippen MR) is 119 cm³/mol. The van der Waals surface area contributed by atoms with E-state index in [0.29, 0.717) is 11.5 Å². The zero-order valence-corrected chi connectivity index (χ0v) is 16.5. The summed E-state index contributed by atoms with van der Waals surface area (Å²) in [6.45, 7) is -0.157. The van der Waals surface area contributed by atoms with Gasteiger partial charge in [-0.15, -0.1) is 0 Å². The fourth-order valence-corrected chi connectivity index (χ4v) is 2.77. The summed E-state index contributed by atoms with van der Waals surface area (Å²) in [5.74, 6) is 0.650. The number of nitrogens with one attached hydrogen (secondary N) is 2. The number of ether oxygens (including phenoxy) is 2. The smallest absolute Gasteiger partial charge is 0.262 e. The van der Waals surface area contributed by atoms with E-state index in [1.165, 1.54) is 7.11 Å². The van der Waals surface area contributed by atoms with Gasteiger partial charge in [0.1, 0.15) is 0 Å². The van der Waals surface area contributed by atoms with Crippen LogP contribution in [-0.2, 0) is 4.79 Å². The fourth-order valence-electron chi connectivity index (χ4n) is 2.72. The minimum atomic E-state index is -0.269. The molecule has 3 aromatic rings. The Hall–Kier alpha value is -3.65. The Kier molecular flexibility index (Phi) is 6.59. The van der Waals surface area contributed by atoms with E-state index >= 15 is 0 Å². The molecule has 3 aromatic carbocycles. The summed E-state index contributed by atoms with van der Waals surface area (Å²) in [5, 5.41) is 8.87. The van der Waals surface area contributed by atoms with E-state index in [2.05, 4.69) is 28.1 Å². The number of hydrazone groups is 1. The average Bonchev–Trinajstić information content (AvgIpc) is 2.72. The van der Waals surface area contributed by atoms with Crippen LogP contribution in [0, 0.1) is 0 Å². The van der Waals surface area contributed by atoms with Crippen LogP contribution in [0.25, 0.3) is 10.8 Å². The van der Waals surface area contributed by atoms with Gasteiger partial charge in [-0.25, -0.2) is 0 Å². The van der Waals surface area contributed by atoms with Gasteiger partial charge >= 0.3 is 0 Å². The number of fused-ring (bicyclic) bond motifs is 1. The number of benzene rings is 3. The summed E-state index contributed by atoms with van der Waals surface area (Å²) in [5.41, 5.74) is 9.28. The Morgan fingerprint density at radius 2 is 1.93 bits per heavy atom. The Labute approximate surface area is 173 Å². The first-order valence-corrected chi connectivity index (χ1v) is 9.14. The highest BCUT2D eigenvalue weighted by Gasteiger charge is 2.10. The van der Waals surface area contributed by atoms with Crippen molar-refractivity contribution < 1.29 is 14.3 Å². The highest BCUT2D eigenvalue weighted by atomic mass is 32.1. The highest BCUT2D eigenvalue weighted by molar-refractivity contribution is 7.80. The molecule has 1 amide bonds. The molecule has 0 spiro atoms. The first kappa shape index (κ1) is 20.1. The molecule has 148 valence electrons. The van der Waals surface area contributed by atoms with Crippen LogP contribution in [0.2, 0.25) is 0 Å². The first-order chi connectivity index (χ1) is 14.1. The number of nitrogens with two attached hydrogens (primary N) is 1. The number of nitrogens with zero attached hydrogens (tertiary/aromatic N) is 1. The third kappa shape index (κ3) is 5.43. The zero-order valence-electron chi connectivity index (χ0n) is 15.7. The van der Waals surface area contributed by atoms with E-state index in [1.807, 2.05) is 42.5 Å². The van der Waals surface area contributed by atoms with Crippen LogP contribution in [0.1, 0.15) is 5.56 Å². The molecular formula is C21H20N4O3S. The molecule has 29 heavy (non-hydrogen) atoms. The maximum Gasteiger partial charge on any atom is 0.262 e. The van der Waals surface area contributed by atoms with Crippen molar-refractivity contribution in [1.82, 2.24) is 5.43 Å². The molecule has 0 saturated heterocycles. The molecule has 0 atom stereocenters. The maximum atomic E-state index is 12.4. The number of thiocarbonyl (C=S) groups is 1. The molecule has 0 aliphatic heterocycles. The summed E-state index contributed by atoms with van der Waals surface area (Å²) in [6.07, 6.45) is 1.54. The topological polar surface area (TPSA) is 98.0 Å². The van der Waals surface area contributed by atoms with E-state index < -0.39 is 0 Å². The number of hydrogen-bond donors (Lipinski definition) is 3.